The number of aliphatic imine (C=N–C) groups is 1. The fourth-order valence-electron chi connectivity index (χ4n) is 2.40. The molecule has 0 radical (unpaired) electrons. The van der Waals surface area contributed by atoms with Gasteiger partial charge in [-0.2, -0.15) is 13.2 Å². The molecule has 1 rings (SSSR count). The number of benzene rings is 1. The molecule has 168 valence electrons. The number of nitrogens with one attached hydrogen (secondary N) is 2. The first-order chi connectivity index (χ1) is 13.4. The molecule has 29 heavy (non-hydrogen) atoms. The second kappa shape index (κ2) is 15.6. The van der Waals surface area contributed by atoms with Crippen LogP contribution in [-0.4, -0.2) is 70.6 Å². The van der Waals surface area contributed by atoms with Crippen LogP contribution in [0.25, 0.3) is 0 Å². The maximum absolute atomic E-state index is 12.4. The maximum atomic E-state index is 12.4. The lowest BCUT2D eigenvalue weighted by molar-refractivity contribution is -0.153. The molecule has 0 aliphatic heterocycles. The van der Waals surface area contributed by atoms with E-state index in [0.29, 0.717) is 24.6 Å². The Morgan fingerprint density at radius 1 is 1.17 bits per heavy atom. The summed E-state index contributed by atoms with van der Waals surface area (Å²) in [5.74, 6) is 0.802. The van der Waals surface area contributed by atoms with Crippen molar-refractivity contribution in [1.82, 2.24) is 15.5 Å². The predicted molar refractivity (Wildman–Crippen MR) is 120 cm³/mol. The van der Waals surface area contributed by atoms with Crippen molar-refractivity contribution in [3.05, 3.63) is 29.8 Å². The highest BCUT2D eigenvalue weighted by molar-refractivity contribution is 14.0. The van der Waals surface area contributed by atoms with E-state index in [9.17, 15) is 13.2 Å². The molecule has 0 saturated heterocycles. The predicted octanol–water partition coefficient (Wildman–Crippen LogP) is 3.27. The van der Waals surface area contributed by atoms with Crippen molar-refractivity contribution < 1.29 is 22.6 Å². The van der Waals surface area contributed by atoms with Crippen LogP contribution in [0, 0.1) is 0 Å². The Bertz CT molecular complexity index is 589. The topological polar surface area (TPSA) is 58.1 Å². The zero-order valence-electron chi connectivity index (χ0n) is 17.2. The minimum atomic E-state index is -4.37. The number of methoxy groups -OCH3 is 1. The number of hydrogen-bond donors (Lipinski definition) is 2. The van der Waals surface area contributed by atoms with Gasteiger partial charge >= 0.3 is 6.18 Å². The molecule has 1 aromatic rings. The van der Waals surface area contributed by atoms with Gasteiger partial charge in [0.2, 0.25) is 0 Å². The van der Waals surface area contributed by atoms with Gasteiger partial charge in [-0.15, -0.1) is 24.0 Å². The molecular formula is C19H32F3IN4O2. The number of ether oxygens (including phenoxy) is 2. The van der Waals surface area contributed by atoms with Crippen LogP contribution in [0.4, 0.5) is 13.2 Å². The zero-order valence-corrected chi connectivity index (χ0v) is 19.5. The fourth-order valence-corrected chi connectivity index (χ4v) is 2.40. The van der Waals surface area contributed by atoms with E-state index in [2.05, 4.69) is 20.5 Å². The summed E-state index contributed by atoms with van der Waals surface area (Å²) in [6.45, 7) is 4.73. The van der Waals surface area contributed by atoms with Crippen LogP contribution in [0.3, 0.4) is 0 Å². The molecule has 10 heteroatoms. The summed E-state index contributed by atoms with van der Waals surface area (Å²) >= 11 is 0. The van der Waals surface area contributed by atoms with Crippen molar-refractivity contribution in [1.29, 1.82) is 0 Å². The number of hydrogen-bond acceptors (Lipinski definition) is 4. The van der Waals surface area contributed by atoms with Gasteiger partial charge in [-0.25, -0.2) is 4.99 Å². The third-order valence-electron chi connectivity index (χ3n) is 3.79. The van der Waals surface area contributed by atoms with Crippen LogP contribution >= 0.6 is 24.0 Å². The Morgan fingerprint density at radius 3 is 2.55 bits per heavy atom. The average Bonchev–Trinajstić information content (AvgIpc) is 2.64. The van der Waals surface area contributed by atoms with Crippen LogP contribution in [-0.2, 0) is 11.3 Å². The quantitative estimate of drug-likeness (QED) is 0.187. The molecule has 6 nitrogen and oxygen atoms in total. The van der Waals surface area contributed by atoms with Crippen LogP contribution in [0.5, 0.6) is 5.75 Å². The van der Waals surface area contributed by atoms with E-state index in [-0.39, 0.29) is 36.3 Å². The van der Waals surface area contributed by atoms with E-state index in [1.807, 2.05) is 14.0 Å². The summed E-state index contributed by atoms with van der Waals surface area (Å²) in [5, 5.41) is 6.37. The van der Waals surface area contributed by atoms with E-state index in [4.69, 9.17) is 9.47 Å². The molecule has 0 unspecified atom stereocenters. The molecule has 0 spiro atoms. The van der Waals surface area contributed by atoms with Gasteiger partial charge in [-0.1, -0.05) is 18.2 Å². The van der Waals surface area contributed by atoms with E-state index >= 15 is 0 Å². The smallest absolute Gasteiger partial charge is 0.422 e. The monoisotopic (exact) mass is 532 g/mol. The highest BCUT2D eigenvalue weighted by atomic mass is 127. The van der Waals surface area contributed by atoms with Gasteiger partial charge < -0.3 is 25.0 Å². The lowest BCUT2D eigenvalue weighted by Crippen LogP contribution is -2.41. The van der Waals surface area contributed by atoms with Crippen molar-refractivity contribution in [2.75, 3.05) is 53.6 Å². The molecule has 0 heterocycles. The summed E-state index contributed by atoms with van der Waals surface area (Å²) < 4.78 is 47.2. The summed E-state index contributed by atoms with van der Waals surface area (Å²) in [6, 6.07) is 6.62. The minimum Gasteiger partial charge on any atom is -0.484 e. The molecule has 0 atom stereocenters. The Balaban J connectivity index is 0.00000784. The second-order valence-corrected chi connectivity index (χ2v) is 6.28. The van der Waals surface area contributed by atoms with Crippen LogP contribution < -0.4 is 15.4 Å². The number of likely N-dealkylation sites (N-methyl/N-ethyl adjacent to an activating group) is 1. The second-order valence-electron chi connectivity index (χ2n) is 6.28. The first kappa shape index (κ1) is 27.7. The molecule has 0 aliphatic carbocycles. The lowest BCUT2D eigenvalue weighted by Gasteiger charge is -2.18. The maximum Gasteiger partial charge on any atom is 0.422 e. The molecule has 2 N–H and O–H groups in total. The van der Waals surface area contributed by atoms with E-state index < -0.39 is 12.8 Å². The van der Waals surface area contributed by atoms with Gasteiger partial charge in [0.25, 0.3) is 0 Å². The number of alkyl halides is 3. The number of para-hydroxylation sites is 1. The normalized spacial score (nSPS) is 11.9. The molecule has 0 bridgehead atoms. The van der Waals surface area contributed by atoms with Gasteiger partial charge in [-0.05, 0) is 26.5 Å². The zero-order chi connectivity index (χ0) is 20.8. The van der Waals surface area contributed by atoms with Gasteiger partial charge in [-0.3, -0.25) is 0 Å². The SMILES string of the molecule is CCNC(=NCc1ccccc1OCC(F)(F)F)NCCN(C)CCCOC.I. The number of halogens is 4. The van der Waals surface area contributed by atoms with Crippen LogP contribution in [0.1, 0.15) is 18.9 Å². The molecule has 1 aromatic carbocycles. The average molecular weight is 532 g/mol. The van der Waals surface area contributed by atoms with Crippen molar-refractivity contribution in [2.45, 2.75) is 26.1 Å². The number of nitrogens with zero attached hydrogens (tertiary/aromatic N) is 2. The highest BCUT2D eigenvalue weighted by Gasteiger charge is 2.28. The van der Waals surface area contributed by atoms with Crippen molar-refractivity contribution in [2.24, 2.45) is 4.99 Å². The highest BCUT2D eigenvalue weighted by Crippen LogP contribution is 2.22. The van der Waals surface area contributed by atoms with E-state index in [0.717, 1.165) is 26.1 Å². The van der Waals surface area contributed by atoms with Crippen LogP contribution in [0.2, 0.25) is 0 Å². The van der Waals surface area contributed by atoms with Gasteiger partial charge in [0.15, 0.2) is 12.6 Å². The van der Waals surface area contributed by atoms with Gasteiger partial charge in [0.05, 0.1) is 6.54 Å². The molecule has 0 aromatic heterocycles. The molecule has 0 saturated carbocycles. The number of guanidine groups is 1. The van der Waals surface area contributed by atoms with E-state index in [1.54, 1.807) is 25.3 Å². The molecule has 0 amide bonds. The first-order valence-corrected chi connectivity index (χ1v) is 9.32. The minimum absolute atomic E-state index is 0. The largest absolute Gasteiger partial charge is 0.484 e. The van der Waals surface area contributed by atoms with E-state index in [1.165, 1.54) is 6.07 Å². The Labute approximate surface area is 188 Å². The summed E-state index contributed by atoms with van der Waals surface area (Å²) in [6.07, 6.45) is -3.40. The first-order valence-electron chi connectivity index (χ1n) is 9.32. The Morgan fingerprint density at radius 2 is 1.90 bits per heavy atom. The molecule has 0 fully saturated rings. The van der Waals surface area contributed by atoms with Crippen LogP contribution in [0.15, 0.2) is 29.3 Å². The fraction of sp³-hybridized carbons (Fsp3) is 0.632. The summed E-state index contributed by atoms with van der Waals surface area (Å²) in [4.78, 5) is 6.65. The summed E-state index contributed by atoms with van der Waals surface area (Å²) in [7, 11) is 3.72. The van der Waals surface area contributed by atoms with Crippen molar-refractivity contribution in [3.8, 4) is 5.75 Å². The molecule has 0 aliphatic rings. The Hall–Kier alpha value is -1.27. The van der Waals surface area contributed by atoms with Gasteiger partial charge in [0, 0.05) is 45.5 Å². The van der Waals surface area contributed by atoms with Crippen molar-refractivity contribution in [3.63, 3.8) is 0 Å². The third kappa shape index (κ3) is 13.6. The molecular weight excluding hydrogens is 500 g/mol. The van der Waals surface area contributed by atoms with Gasteiger partial charge in [0.1, 0.15) is 5.75 Å². The lowest BCUT2D eigenvalue weighted by atomic mass is 10.2. The van der Waals surface area contributed by atoms with Crippen molar-refractivity contribution >= 4 is 29.9 Å². The Kier molecular flexibility index (Phi) is 14.9. The summed E-state index contributed by atoms with van der Waals surface area (Å²) in [5.41, 5.74) is 0.598. The third-order valence-corrected chi connectivity index (χ3v) is 3.79. The standard InChI is InChI=1S/C19H31F3N4O2.HI/c1-4-23-18(24-10-12-26(2)11-7-13-27-3)25-14-16-8-5-6-9-17(16)28-15-19(20,21)22;/h5-6,8-9H,4,7,10-15H2,1-3H3,(H2,23,24,25);1H. The number of rotatable bonds is 12.